The summed E-state index contributed by atoms with van der Waals surface area (Å²) < 4.78 is 1.83. The van der Waals surface area contributed by atoms with Gasteiger partial charge in [0.2, 0.25) is 0 Å². The summed E-state index contributed by atoms with van der Waals surface area (Å²) in [4.78, 5) is 24.9. The van der Waals surface area contributed by atoms with E-state index >= 15 is 0 Å². The molecule has 0 radical (unpaired) electrons. The Kier molecular flexibility index (Phi) is 4.35. The van der Waals surface area contributed by atoms with Gasteiger partial charge in [-0.2, -0.15) is 5.10 Å². The van der Waals surface area contributed by atoms with Gasteiger partial charge in [0, 0.05) is 31.9 Å². The largest absolute Gasteiger partial charge is 0.465 e. The van der Waals surface area contributed by atoms with Gasteiger partial charge in [0.1, 0.15) is 0 Å². The Morgan fingerprint density at radius 1 is 1.29 bits per heavy atom. The van der Waals surface area contributed by atoms with E-state index < -0.39 is 12.2 Å². The molecule has 0 bridgehead atoms. The van der Waals surface area contributed by atoms with Gasteiger partial charge < -0.3 is 20.0 Å². The molecule has 2 N–H and O–H groups in total. The number of nitrogens with zero attached hydrogens (tertiary/aromatic N) is 4. The normalized spacial score (nSPS) is 18.9. The van der Waals surface area contributed by atoms with Crippen LogP contribution in [0.5, 0.6) is 0 Å². The van der Waals surface area contributed by atoms with E-state index in [4.69, 9.17) is 5.11 Å². The van der Waals surface area contributed by atoms with E-state index in [1.807, 2.05) is 24.6 Å². The molecule has 2 rings (SSSR count). The maximum atomic E-state index is 11.3. The van der Waals surface area contributed by atoms with Gasteiger partial charge in [-0.05, 0) is 26.3 Å². The maximum Gasteiger partial charge on any atom is 0.407 e. The molecule has 1 aromatic rings. The number of carboxylic acid groups (broad SMARTS) is 2. The second-order valence-electron chi connectivity index (χ2n) is 5.30. The molecule has 1 atom stereocenters. The standard InChI is InChI=1S/C13H20N4O4/c1-9-7-10(2)17(14-9)4-3-11-8-15(12(18)19)5-6-16(11)13(20)21/h7,11H,3-6,8H2,1-2H3,(H,18,19)(H,20,21)/t11-/m1/s1. The minimum Gasteiger partial charge on any atom is -0.465 e. The summed E-state index contributed by atoms with van der Waals surface area (Å²) in [6.45, 7) is 5.06. The zero-order valence-electron chi connectivity index (χ0n) is 12.2. The van der Waals surface area contributed by atoms with Gasteiger partial charge in [-0.15, -0.1) is 0 Å². The quantitative estimate of drug-likeness (QED) is 0.874. The Morgan fingerprint density at radius 2 is 2.00 bits per heavy atom. The molecule has 0 unspecified atom stereocenters. The van der Waals surface area contributed by atoms with Crippen LogP contribution in [0.1, 0.15) is 17.8 Å². The Labute approximate surface area is 122 Å². The first-order chi connectivity index (χ1) is 9.88. The molecular formula is C13H20N4O4. The molecule has 0 spiro atoms. The van der Waals surface area contributed by atoms with E-state index in [-0.39, 0.29) is 25.7 Å². The van der Waals surface area contributed by atoms with E-state index in [0.717, 1.165) is 11.4 Å². The van der Waals surface area contributed by atoms with Crippen LogP contribution in [0.15, 0.2) is 6.07 Å². The molecule has 1 saturated heterocycles. The van der Waals surface area contributed by atoms with E-state index in [2.05, 4.69) is 5.10 Å². The number of piperazine rings is 1. The predicted molar refractivity (Wildman–Crippen MR) is 74.4 cm³/mol. The number of aryl methyl sites for hydroxylation is 3. The average Bonchev–Trinajstić information content (AvgIpc) is 2.74. The van der Waals surface area contributed by atoms with Crippen LogP contribution < -0.4 is 0 Å². The fraction of sp³-hybridized carbons (Fsp3) is 0.615. The zero-order valence-corrected chi connectivity index (χ0v) is 12.2. The van der Waals surface area contributed by atoms with Crippen molar-refractivity contribution < 1.29 is 19.8 Å². The molecule has 21 heavy (non-hydrogen) atoms. The fourth-order valence-corrected chi connectivity index (χ4v) is 2.70. The lowest BCUT2D eigenvalue weighted by atomic mass is 10.1. The van der Waals surface area contributed by atoms with Crippen LogP contribution in [0, 0.1) is 13.8 Å². The van der Waals surface area contributed by atoms with E-state index in [0.29, 0.717) is 13.0 Å². The van der Waals surface area contributed by atoms with Crippen LogP contribution in [-0.4, -0.2) is 67.7 Å². The third-order valence-corrected chi connectivity index (χ3v) is 3.78. The molecule has 116 valence electrons. The molecule has 8 nitrogen and oxygen atoms in total. The maximum absolute atomic E-state index is 11.3. The Hall–Kier alpha value is -2.25. The lowest BCUT2D eigenvalue weighted by Crippen LogP contribution is -2.56. The summed E-state index contributed by atoms with van der Waals surface area (Å²) >= 11 is 0. The van der Waals surface area contributed by atoms with Crippen LogP contribution in [0.25, 0.3) is 0 Å². The molecule has 0 saturated carbocycles. The lowest BCUT2D eigenvalue weighted by molar-refractivity contribution is 0.0593. The van der Waals surface area contributed by atoms with Gasteiger partial charge in [0.15, 0.2) is 0 Å². The highest BCUT2D eigenvalue weighted by Crippen LogP contribution is 2.15. The molecule has 1 aliphatic heterocycles. The predicted octanol–water partition coefficient (Wildman–Crippen LogP) is 1.23. The van der Waals surface area contributed by atoms with Crippen LogP contribution >= 0.6 is 0 Å². The van der Waals surface area contributed by atoms with Gasteiger partial charge in [0.05, 0.1) is 11.7 Å². The minimum atomic E-state index is -1.00. The number of hydrogen-bond acceptors (Lipinski definition) is 3. The first kappa shape index (κ1) is 15.1. The van der Waals surface area contributed by atoms with Crippen molar-refractivity contribution in [2.45, 2.75) is 32.9 Å². The third-order valence-electron chi connectivity index (χ3n) is 3.78. The minimum absolute atomic E-state index is 0.209. The number of carbonyl (C=O) groups is 2. The Balaban J connectivity index is 2.04. The summed E-state index contributed by atoms with van der Waals surface area (Å²) in [5, 5.41) is 22.6. The number of amides is 2. The van der Waals surface area contributed by atoms with Gasteiger partial charge in [-0.3, -0.25) is 4.68 Å². The molecule has 2 heterocycles. The van der Waals surface area contributed by atoms with Crippen molar-refractivity contribution in [2.75, 3.05) is 19.6 Å². The van der Waals surface area contributed by atoms with Crippen molar-refractivity contribution in [1.82, 2.24) is 19.6 Å². The first-order valence-corrected chi connectivity index (χ1v) is 6.87. The van der Waals surface area contributed by atoms with Gasteiger partial charge in [0.25, 0.3) is 0 Å². The highest BCUT2D eigenvalue weighted by atomic mass is 16.4. The van der Waals surface area contributed by atoms with E-state index in [9.17, 15) is 14.7 Å². The Bertz CT molecular complexity index is 542. The summed E-state index contributed by atoms with van der Waals surface area (Å²) in [5.41, 5.74) is 1.93. The van der Waals surface area contributed by atoms with Crippen molar-refractivity contribution in [2.24, 2.45) is 0 Å². The second kappa shape index (κ2) is 6.02. The first-order valence-electron chi connectivity index (χ1n) is 6.87. The van der Waals surface area contributed by atoms with Crippen LogP contribution in [0.2, 0.25) is 0 Å². The lowest BCUT2D eigenvalue weighted by Gasteiger charge is -2.38. The number of rotatable bonds is 3. The van der Waals surface area contributed by atoms with Crippen molar-refractivity contribution in [3.05, 3.63) is 17.5 Å². The van der Waals surface area contributed by atoms with E-state index in [1.54, 1.807) is 0 Å². The molecule has 8 heteroatoms. The Morgan fingerprint density at radius 3 is 2.52 bits per heavy atom. The topological polar surface area (TPSA) is 98.9 Å². The molecule has 2 amide bonds. The highest BCUT2D eigenvalue weighted by molar-refractivity contribution is 5.68. The third kappa shape index (κ3) is 3.45. The van der Waals surface area contributed by atoms with Crippen molar-refractivity contribution >= 4 is 12.2 Å². The second-order valence-corrected chi connectivity index (χ2v) is 5.30. The number of aromatic nitrogens is 2. The van der Waals surface area contributed by atoms with Crippen LogP contribution in [0.4, 0.5) is 9.59 Å². The fourth-order valence-electron chi connectivity index (χ4n) is 2.70. The summed E-state index contributed by atoms with van der Waals surface area (Å²) in [5.74, 6) is 0. The van der Waals surface area contributed by atoms with Crippen LogP contribution in [-0.2, 0) is 6.54 Å². The summed E-state index contributed by atoms with van der Waals surface area (Å²) in [6.07, 6.45) is -1.47. The van der Waals surface area contributed by atoms with Gasteiger partial charge in [-0.1, -0.05) is 0 Å². The van der Waals surface area contributed by atoms with Gasteiger partial charge in [-0.25, -0.2) is 9.59 Å². The SMILES string of the molecule is Cc1cc(C)n(CC[C@@H]2CN(C(=O)O)CCN2C(=O)O)n1. The molecule has 1 fully saturated rings. The zero-order chi connectivity index (χ0) is 15.6. The van der Waals surface area contributed by atoms with Crippen LogP contribution in [0.3, 0.4) is 0 Å². The van der Waals surface area contributed by atoms with Crippen molar-refractivity contribution in [1.29, 1.82) is 0 Å². The molecule has 1 aromatic heterocycles. The molecule has 0 aromatic carbocycles. The number of hydrogen-bond donors (Lipinski definition) is 2. The summed E-state index contributed by atoms with van der Waals surface area (Å²) in [7, 11) is 0. The summed E-state index contributed by atoms with van der Waals surface area (Å²) in [6, 6.07) is 1.62. The monoisotopic (exact) mass is 296 g/mol. The molecule has 1 aliphatic rings. The molecule has 0 aliphatic carbocycles. The average molecular weight is 296 g/mol. The smallest absolute Gasteiger partial charge is 0.407 e. The van der Waals surface area contributed by atoms with Gasteiger partial charge >= 0.3 is 12.2 Å². The van der Waals surface area contributed by atoms with E-state index in [1.165, 1.54) is 9.80 Å². The van der Waals surface area contributed by atoms with Crippen molar-refractivity contribution in [3.63, 3.8) is 0 Å². The van der Waals surface area contributed by atoms with Crippen molar-refractivity contribution in [3.8, 4) is 0 Å². The highest BCUT2D eigenvalue weighted by Gasteiger charge is 2.32. The molecular weight excluding hydrogens is 276 g/mol.